The first-order valence-corrected chi connectivity index (χ1v) is 9.58. The van der Waals surface area contributed by atoms with Crippen LogP contribution in [0.1, 0.15) is 34.7 Å². The van der Waals surface area contributed by atoms with Crippen LogP contribution in [0, 0.1) is 12.8 Å². The number of piperidine rings is 1. The van der Waals surface area contributed by atoms with Gasteiger partial charge in [-0.15, -0.1) is 0 Å². The van der Waals surface area contributed by atoms with Crippen LogP contribution in [0.5, 0.6) is 5.75 Å². The van der Waals surface area contributed by atoms with E-state index >= 15 is 0 Å². The number of benzene rings is 1. The SMILES string of the molecule is COc1ccccc1CCN1CCC[C@H](CN(C)C(=O)c2ncoc2C)C1. The van der Waals surface area contributed by atoms with Gasteiger partial charge in [0.15, 0.2) is 12.1 Å². The van der Waals surface area contributed by atoms with Gasteiger partial charge in [-0.25, -0.2) is 4.98 Å². The van der Waals surface area contributed by atoms with Gasteiger partial charge in [0.25, 0.3) is 5.91 Å². The van der Waals surface area contributed by atoms with Crippen molar-refractivity contribution in [2.75, 3.05) is 40.3 Å². The van der Waals surface area contributed by atoms with Gasteiger partial charge < -0.3 is 19.0 Å². The Labute approximate surface area is 161 Å². The Bertz CT molecular complexity index is 759. The lowest BCUT2D eigenvalue weighted by atomic mass is 9.97. The van der Waals surface area contributed by atoms with Crippen LogP contribution in [0.25, 0.3) is 0 Å². The molecule has 6 nitrogen and oxygen atoms in total. The number of ether oxygens (including phenoxy) is 1. The minimum atomic E-state index is -0.0626. The van der Waals surface area contributed by atoms with Crippen molar-refractivity contribution in [2.24, 2.45) is 5.92 Å². The Morgan fingerprint density at radius 2 is 2.22 bits per heavy atom. The molecule has 3 rings (SSSR count). The van der Waals surface area contributed by atoms with E-state index in [4.69, 9.17) is 9.15 Å². The van der Waals surface area contributed by atoms with Crippen molar-refractivity contribution < 1.29 is 13.9 Å². The minimum absolute atomic E-state index is 0.0626. The molecule has 2 heterocycles. The van der Waals surface area contributed by atoms with E-state index in [-0.39, 0.29) is 5.91 Å². The molecule has 0 unspecified atom stereocenters. The van der Waals surface area contributed by atoms with Gasteiger partial charge in [-0.2, -0.15) is 0 Å². The van der Waals surface area contributed by atoms with Gasteiger partial charge in [0, 0.05) is 26.7 Å². The van der Waals surface area contributed by atoms with Gasteiger partial charge in [0.1, 0.15) is 11.5 Å². The molecule has 1 aliphatic rings. The van der Waals surface area contributed by atoms with E-state index in [1.54, 1.807) is 18.9 Å². The number of nitrogens with zero attached hydrogens (tertiary/aromatic N) is 3. The number of rotatable bonds is 7. The van der Waals surface area contributed by atoms with E-state index in [2.05, 4.69) is 22.0 Å². The highest BCUT2D eigenvalue weighted by Gasteiger charge is 2.25. The zero-order valence-electron chi connectivity index (χ0n) is 16.5. The highest BCUT2D eigenvalue weighted by atomic mass is 16.5. The molecule has 1 amide bonds. The van der Waals surface area contributed by atoms with Crippen molar-refractivity contribution in [3.05, 3.63) is 47.7 Å². The number of oxazole rings is 1. The molecule has 1 saturated heterocycles. The van der Waals surface area contributed by atoms with E-state index in [1.165, 1.54) is 18.4 Å². The first-order chi connectivity index (χ1) is 13.1. The van der Waals surface area contributed by atoms with Crippen LogP contribution in [-0.2, 0) is 6.42 Å². The van der Waals surface area contributed by atoms with Crippen LogP contribution in [0.15, 0.2) is 35.1 Å². The Kier molecular flexibility index (Phi) is 6.50. The zero-order valence-corrected chi connectivity index (χ0v) is 16.5. The average molecular weight is 371 g/mol. The summed E-state index contributed by atoms with van der Waals surface area (Å²) in [6.07, 6.45) is 4.63. The molecular formula is C21H29N3O3. The normalized spacial score (nSPS) is 17.7. The second-order valence-corrected chi connectivity index (χ2v) is 7.31. The quantitative estimate of drug-likeness (QED) is 0.749. The summed E-state index contributed by atoms with van der Waals surface area (Å²) in [5, 5.41) is 0. The molecular weight excluding hydrogens is 342 g/mol. The van der Waals surface area contributed by atoms with E-state index in [1.807, 2.05) is 19.2 Å². The molecule has 1 fully saturated rings. The molecule has 0 aliphatic carbocycles. The number of carbonyl (C=O) groups excluding carboxylic acids is 1. The van der Waals surface area contributed by atoms with E-state index in [0.717, 1.165) is 44.8 Å². The number of likely N-dealkylation sites (tertiary alicyclic amines) is 1. The number of carbonyl (C=O) groups is 1. The third kappa shape index (κ3) is 4.89. The maximum Gasteiger partial charge on any atom is 0.275 e. The highest BCUT2D eigenvalue weighted by molar-refractivity contribution is 5.92. The lowest BCUT2D eigenvalue weighted by Gasteiger charge is -2.34. The number of hydrogen-bond acceptors (Lipinski definition) is 5. The van der Waals surface area contributed by atoms with Gasteiger partial charge in [-0.3, -0.25) is 4.79 Å². The standard InChI is InChI=1S/C21H29N3O3/c1-16-20(22-15-27-16)21(25)23(2)13-17-7-6-11-24(14-17)12-10-18-8-4-5-9-19(18)26-3/h4-5,8-9,15,17H,6-7,10-14H2,1-3H3/t17-/m1/s1. The second kappa shape index (κ2) is 9.04. The molecule has 0 bridgehead atoms. The largest absolute Gasteiger partial charge is 0.496 e. The Morgan fingerprint density at radius 3 is 2.96 bits per heavy atom. The Balaban J connectivity index is 1.52. The highest BCUT2D eigenvalue weighted by Crippen LogP contribution is 2.21. The number of methoxy groups -OCH3 is 1. The fourth-order valence-corrected chi connectivity index (χ4v) is 3.85. The first kappa shape index (κ1) is 19.4. The van der Waals surface area contributed by atoms with Crippen molar-refractivity contribution >= 4 is 5.91 Å². The van der Waals surface area contributed by atoms with Crippen LogP contribution < -0.4 is 4.74 Å². The molecule has 6 heteroatoms. The van der Waals surface area contributed by atoms with Crippen molar-refractivity contribution in [1.82, 2.24) is 14.8 Å². The minimum Gasteiger partial charge on any atom is -0.496 e. The third-order valence-electron chi connectivity index (χ3n) is 5.32. The zero-order chi connectivity index (χ0) is 19.2. The predicted molar refractivity (Wildman–Crippen MR) is 104 cm³/mol. The summed E-state index contributed by atoms with van der Waals surface area (Å²) in [6.45, 7) is 5.66. The Morgan fingerprint density at radius 1 is 1.41 bits per heavy atom. The van der Waals surface area contributed by atoms with Crippen molar-refractivity contribution in [1.29, 1.82) is 0 Å². The summed E-state index contributed by atoms with van der Waals surface area (Å²) in [5.74, 6) is 1.96. The average Bonchev–Trinajstić information content (AvgIpc) is 3.12. The van der Waals surface area contributed by atoms with Crippen molar-refractivity contribution in [2.45, 2.75) is 26.2 Å². The fraction of sp³-hybridized carbons (Fsp3) is 0.524. The van der Waals surface area contributed by atoms with Crippen LogP contribution in [-0.4, -0.2) is 61.0 Å². The fourth-order valence-electron chi connectivity index (χ4n) is 3.85. The summed E-state index contributed by atoms with van der Waals surface area (Å²) >= 11 is 0. The lowest BCUT2D eigenvalue weighted by Crippen LogP contribution is -2.42. The molecule has 1 aromatic heterocycles. The third-order valence-corrected chi connectivity index (χ3v) is 5.32. The molecule has 1 aliphatic heterocycles. The summed E-state index contributed by atoms with van der Waals surface area (Å²) in [7, 11) is 3.57. The van der Waals surface area contributed by atoms with Crippen LogP contribution >= 0.6 is 0 Å². The van der Waals surface area contributed by atoms with Crippen LogP contribution in [0.3, 0.4) is 0 Å². The summed E-state index contributed by atoms with van der Waals surface area (Å²) in [5.41, 5.74) is 1.66. The molecule has 0 radical (unpaired) electrons. The predicted octanol–water partition coefficient (Wildman–Crippen LogP) is 3.02. The smallest absolute Gasteiger partial charge is 0.275 e. The number of aryl methyl sites for hydroxylation is 1. The van der Waals surface area contributed by atoms with Gasteiger partial charge >= 0.3 is 0 Å². The molecule has 1 aromatic carbocycles. The molecule has 0 spiro atoms. The van der Waals surface area contributed by atoms with Crippen molar-refractivity contribution in [3.63, 3.8) is 0 Å². The van der Waals surface area contributed by atoms with E-state index < -0.39 is 0 Å². The number of hydrogen-bond donors (Lipinski definition) is 0. The van der Waals surface area contributed by atoms with Gasteiger partial charge in [0.2, 0.25) is 0 Å². The number of amides is 1. The maximum absolute atomic E-state index is 12.5. The lowest BCUT2D eigenvalue weighted by molar-refractivity contribution is 0.0723. The summed E-state index contributed by atoms with van der Waals surface area (Å²) in [4.78, 5) is 20.9. The molecule has 2 aromatic rings. The molecule has 146 valence electrons. The number of para-hydroxylation sites is 1. The molecule has 0 saturated carbocycles. The molecule has 0 N–H and O–H groups in total. The second-order valence-electron chi connectivity index (χ2n) is 7.31. The first-order valence-electron chi connectivity index (χ1n) is 9.58. The summed E-state index contributed by atoms with van der Waals surface area (Å²) in [6, 6.07) is 8.21. The topological polar surface area (TPSA) is 58.8 Å². The van der Waals surface area contributed by atoms with Gasteiger partial charge in [0.05, 0.1) is 7.11 Å². The monoisotopic (exact) mass is 371 g/mol. The maximum atomic E-state index is 12.5. The van der Waals surface area contributed by atoms with Crippen molar-refractivity contribution in [3.8, 4) is 5.75 Å². The van der Waals surface area contributed by atoms with Crippen LogP contribution in [0.4, 0.5) is 0 Å². The summed E-state index contributed by atoms with van der Waals surface area (Å²) < 4.78 is 10.6. The Hall–Kier alpha value is -2.34. The number of aromatic nitrogens is 1. The van der Waals surface area contributed by atoms with E-state index in [9.17, 15) is 4.79 Å². The van der Waals surface area contributed by atoms with Gasteiger partial charge in [-0.1, -0.05) is 18.2 Å². The van der Waals surface area contributed by atoms with Gasteiger partial charge in [-0.05, 0) is 50.3 Å². The molecule has 1 atom stereocenters. The van der Waals surface area contributed by atoms with E-state index in [0.29, 0.717) is 17.4 Å². The van der Waals surface area contributed by atoms with Crippen LogP contribution in [0.2, 0.25) is 0 Å². The molecule has 27 heavy (non-hydrogen) atoms.